The summed E-state index contributed by atoms with van der Waals surface area (Å²) in [4.78, 5) is 20.0. The van der Waals surface area contributed by atoms with Crippen molar-refractivity contribution in [2.24, 2.45) is 0 Å². The van der Waals surface area contributed by atoms with E-state index in [9.17, 15) is 4.79 Å². The molecule has 0 saturated carbocycles. The van der Waals surface area contributed by atoms with Gasteiger partial charge in [0.15, 0.2) is 11.6 Å². The van der Waals surface area contributed by atoms with Crippen LogP contribution in [-0.4, -0.2) is 15.9 Å². The molecule has 2 aromatic rings. The number of carbonyl (C=O) groups excluding carboxylic acids is 1. The second kappa shape index (κ2) is 4.30. The molecule has 0 unspecified atom stereocenters. The van der Waals surface area contributed by atoms with E-state index in [1.165, 1.54) is 6.33 Å². The van der Waals surface area contributed by atoms with Gasteiger partial charge in [-0.3, -0.25) is 15.6 Å². The minimum Gasteiger partial charge on any atom is -0.305 e. The van der Waals surface area contributed by atoms with E-state index in [4.69, 9.17) is 0 Å². The molecule has 0 fully saturated rings. The normalized spacial score (nSPS) is 12.2. The summed E-state index contributed by atoms with van der Waals surface area (Å²) in [5.74, 6) is 0.796. The standard InChI is InChI=1S/C11H10N6O/c18-11(7-4-2-1-3-5-7)14-9-8-10(13-6-12-9)16-17-15-8/h1-6,15,17H,(H2,12,13,14,16,18). The van der Waals surface area contributed by atoms with Gasteiger partial charge in [0.25, 0.3) is 5.91 Å². The molecule has 7 heteroatoms. The van der Waals surface area contributed by atoms with Crippen LogP contribution in [0.5, 0.6) is 0 Å². The first-order valence-corrected chi connectivity index (χ1v) is 5.33. The average Bonchev–Trinajstić information content (AvgIpc) is 2.89. The summed E-state index contributed by atoms with van der Waals surface area (Å²) in [6.07, 6.45) is 1.38. The third-order valence-corrected chi connectivity index (χ3v) is 2.48. The van der Waals surface area contributed by atoms with Gasteiger partial charge in [-0.2, -0.15) is 0 Å². The summed E-state index contributed by atoms with van der Waals surface area (Å²) in [5, 5.41) is 2.73. The maximum atomic E-state index is 12.0. The van der Waals surface area contributed by atoms with Crippen LogP contribution in [0.2, 0.25) is 0 Å². The van der Waals surface area contributed by atoms with E-state index in [-0.39, 0.29) is 5.91 Å². The number of fused-ring (bicyclic) bond motifs is 1. The molecule has 0 bridgehead atoms. The third kappa shape index (κ3) is 1.82. The van der Waals surface area contributed by atoms with Crippen molar-refractivity contribution in [1.82, 2.24) is 15.5 Å². The summed E-state index contributed by atoms with van der Waals surface area (Å²) in [6, 6.07) is 8.94. The Labute approximate surface area is 103 Å². The molecule has 18 heavy (non-hydrogen) atoms. The number of hydrogen-bond donors (Lipinski definition) is 4. The van der Waals surface area contributed by atoms with Crippen LogP contribution in [0, 0.1) is 0 Å². The van der Waals surface area contributed by atoms with Crippen LogP contribution >= 0.6 is 0 Å². The Kier molecular flexibility index (Phi) is 2.50. The van der Waals surface area contributed by atoms with Crippen LogP contribution in [0.25, 0.3) is 0 Å². The highest BCUT2D eigenvalue weighted by molar-refractivity contribution is 6.05. The summed E-state index contributed by atoms with van der Waals surface area (Å²) in [5.41, 5.74) is 9.49. The maximum Gasteiger partial charge on any atom is 0.256 e. The SMILES string of the molecule is O=C(Nc1ncnc2c1NNN2)c1ccccc1. The van der Waals surface area contributed by atoms with Crippen LogP contribution in [-0.2, 0) is 0 Å². The fourth-order valence-corrected chi connectivity index (χ4v) is 1.62. The Hall–Kier alpha value is -2.67. The molecule has 0 aliphatic carbocycles. The summed E-state index contributed by atoms with van der Waals surface area (Å²) in [6.45, 7) is 0. The van der Waals surface area contributed by atoms with E-state index >= 15 is 0 Å². The predicted octanol–water partition coefficient (Wildman–Crippen LogP) is 0.986. The number of carbonyl (C=O) groups is 1. The zero-order valence-corrected chi connectivity index (χ0v) is 9.27. The molecule has 0 saturated heterocycles. The highest BCUT2D eigenvalue weighted by Crippen LogP contribution is 2.28. The van der Waals surface area contributed by atoms with Gasteiger partial charge in [-0.05, 0) is 12.1 Å². The van der Waals surface area contributed by atoms with Crippen molar-refractivity contribution in [2.75, 3.05) is 16.2 Å². The van der Waals surface area contributed by atoms with Crippen molar-refractivity contribution in [3.63, 3.8) is 0 Å². The maximum absolute atomic E-state index is 12.0. The zero-order chi connectivity index (χ0) is 12.4. The van der Waals surface area contributed by atoms with Crippen molar-refractivity contribution in [3.8, 4) is 0 Å². The molecule has 1 amide bonds. The van der Waals surface area contributed by atoms with Crippen LogP contribution < -0.4 is 21.7 Å². The molecule has 3 rings (SSSR count). The number of rotatable bonds is 2. The molecule has 1 aromatic heterocycles. The van der Waals surface area contributed by atoms with Gasteiger partial charge in [-0.15, -0.1) is 5.53 Å². The highest BCUT2D eigenvalue weighted by Gasteiger charge is 2.17. The number of hydrogen-bond acceptors (Lipinski definition) is 6. The Morgan fingerprint density at radius 1 is 1.11 bits per heavy atom. The van der Waals surface area contributed by atoms with Crippen molar-refractivity contribution < 1.29 is 4.79 Å². The molecule has 0 radical (unpaired) electrons. The lowest BCUT2D eigenvalue weighted by molar-refractivity contribution is 0.102. The first kappa shape index (κ1) is 10.5. The quantitative estimate of drug-likeness (QED) is 0.627. The lowest BCUT2D eigenvalue weighted by Crippen LogP contribution is -2.20. The summed E-state index contributed by atoms with van der Waals surface area (Å²) >= 11 is 0. The number of hydrazine groups is 2. The first-order valence-electron chi connectivity index (χ1n) is 5.33. The molecule has 1 aliphatic heterocycles. The molecule has 2 heterocycles. The predicted molar refractivity (Wildman–Crippen MR) is 66.8 cm³/mol. The molecule has 0 spiro atoms. The molecule has 0 atom stereocenters. The van der Waals surface area contributed by atoms with Crippen LogP contribution in [0.4, 0.5) is 17.3 Å². The Morgan fingerprint density at radius 3 is 2.78 bits per heavy atom. The van der Waals surface area contributed by atoms with Crippen LogP contribution in [0.15, 0.2) is 36.7 Å². The Bertz CT molecular complexity index is 585. The average molecular weight is 242 g/mol. The van der Waals surface area contributed by atoms with Gasteiger partial charge in [-0.25, -0.2) is 9.97 Å². The fraction of sp³-hybridized carbons (Fsp3) is 0. The van der Waals surface area contributed by atoms with Gasteiger partial charge in [0, 0.05) is 5.56 Å². The number of benzene rings is 1. The first-order chi connectivity index (χ1) is 8.84. The Balaban J connectivity index is 1.86. The van der Waals surface area contributed by atoms with Crippen LogP contribution in [0.3, 0.4) is 0 Å². The number of aromatic nitrogens is 2. The lowest BCUT2D eigenvalue weighted by Gasteiger charge is -2.07. The van der Waals surface area contributed by atoms with Gasteiger partial charge in [-0.1, -0.05) is 18.2 Å². The van der Waals surface area contributed by atoms with Gasteiger partial charge in [0.2, 0.25) is 0 Å². The summed E-state index contributed by atoms with van der Waals surface area (Å²) < 4.78 is 0. The minimum atomic E-state index is -0.217. The second-order valence-electron chi connectivity index (χ2n) is 3.64. The smallest absolute Gasteiger partial charge is 0.256 e. The van der Waals surface area contributed by atoms with Gasteiger partial charge < -0.3 is 5.32 Å². The van der Waals surface area contributed by atoms with E-state index in [0.29, 0.717) is 22.9 Å². The number of nitrogens with zero attached hydrogens (tertiary/aromatic N) is 2. The monoisotopic (exact) mass is 242 g/mol. The van der Waals surface area contributed by atoms with E-state index in [0.717, 1.165) is 0 Å². The second-order valence-corrected chi connectivity index (χ2v) is 3.64. The van der Waals surface area contributed by atoms with Crippen molar-refractivity contribution >= 4 is 23.2 Å². The molecular formula is C11H10N6O. The fourth-order valence-electron chi connectivity index (χ4n) is 1.62. The molecule has 4 N–H and O–H groups in total. The molecule has 90 valence electrons. The van der Waals surface area contributed by atoms with E-state index < -0.39 is 0 Å². The van der Waals surface area contributed by atoms with Gasteiger partial charge in [0.1, 0.15) is 12.0 Å². The topological polar surface area (TPSA) is 91.0 Å². The van der Waals surface area contributed by atoms with Crippen LogP contribution in [0.1, 0.15) is 10.4 Å². The lowest BCUT2D eigenvalue weighted by atomic mass is 10.2. The summed E-state index contributed by atoms with van der Waals surface area (Å²) in [7, 11) is 0. The molecule has 1 aliphatic rings. The number of nitrogens with one attached hydrogen (secondary N) is 4. The van der Waals surface area contributed by atoms with Crippen molar-refractivity contribution in [2.45, 2.75) is 0 Å². The molecule has 1 aromatic carbocycles. The number of amides is 1. The zero-order valence-electron chi connectivity index (χ0n) is 9.27. The highest BCUT2D eigenvalue weighted by atomic mass is 16.1. The third-order valence-electron chi connectivity index (χ3n) is 2.48. The van der Waals surface area contributed by atoms with Crippen molar-refractivity contribution in [3.05, 3.63) is 42.2 Å². The van der Waals surface area contributed by atoms with Gasteiger partial charge >= 0.3 is 0 Å². The Morgan fingerprint density at radius 2 is 1.94 bits per heavy atom. The van der Waals surface area contributed by atoms with E-state index in [2.05, 4.69) is 31.7 Å². The molecular weight excluding hydrogens is 232 g/mol. The van der Waals surface area contributed by atoms with E-state index in [1.807, 2.05) is 6.07 Å². The van der Waals surface area contributed by atoms with E-state index in [1.54, 1.807) is 24.3 Å². The largest absolute Gasteiger partial charge is 0.305 e. The number of anilines is 3. The van der Waals surface area contributed by atoms with Gasteiger partial charge in [0.05, 0.1) is 0 Å². The van der Waals surface area contributed by atoms with Crippen molar-refractivity contribution in [1.29, 1.82) is 0 Å². The molecule has 7 nitrogen and oxygen atoms in total. The minimum absolute atomic E-state index is 0.217.